The number of benzene rings is 1. The summed E-state index contributed by atoms with van der Waals surface area (Å²) in [6, 6.07) is 4.43. The molecule has 3 heterocycles. The number of nitrogens with one attached hydrogen (secondary N) is 1. The number of rotatable bonds is 3. The lowest BCUT2D eigenvalue weighted by molar-refractivity contribution is 0.0928. The summed E-state index contributed by atoms with van der Waals surface area (Å²) in [6.07, 6.45) is 5.42. The lowest BCUT2D eigenvalue weighted by Crippen LogP contribution is -2.47. The van der Waals surface area contributed by atoms with Gasteiger partial charge in [0.2, 0.25) is 0 Å². The zero-order chi connectivity index (χ0) is 18.3. The normalized spacial score (nSPS) is 17.7. The van der Waals surface area contributed by atoms with Gasteiger partial charge in [-0.05, 0) is 43.9 Å². The first-order valence-electron chi connectivity index (χ1n) is 8.92. The van der Waals surface area contributed by atoms with Gasteiger partial charge in [0, 0.05) is 32.4 Å². The Labute approximate surface area is 156 Å². The smallest absolute Gasteiger partial charge is 0.271 e. The van der Waals surface area contributed by atoms with Crippen LogP contribution in [-0.2, 0) is 7.05 Å². The molecule has 0 spiro atoms. The highest BCUT2D eigenvalue weighted by molar-refractivity contribution is 7.22. The van der Waals surface area contributed by atoms with Gasteiger partial charge >= 0.3 is 0 Å². The van der Waals surface area contributed by atoms with E-state index in [1.807, 2.05) is 7.05 Å². The molecule has 0 bridgehead atoms. The maximum atomic E-state index is 12.4. The molecule has 0 saturated carbocycles. The average molecular weight is 369 g/mol. The number of piperidine rings is 1. The number of amides is 1. The van der Waals surface area contributed by atoms with Crippen LogP contribution in [-0.4, -0.2) is 39.6 Å². The molecule has 1 atom stereocenters. The number of carbonyl (C=O) groups excluding carboxylic acids is 1. The van der Waals surface area contributed by atoms with Crippen LogP contribution in [0.3, 0.4) is 0 Å². The Morgan fingerprint density at radius 1 is 1.35 bits per heavy atom. The van der Waals surface area contributed by atoms with E-state index in [-0.39, 0.29) is 11.9 Å². The summed E-state index contributed by atoms with van der Waals surface area (Å²) < 4.78 is 3.01. The number of thiazole rings is 1. The van der Waals surface area contributed by atoms with Gasteiger partial charge in [0.15, 0.2) is 5.13 Å². The van der Waals surface area contributed by atoms with E-state index in [1.54, 1.807) is 28.4 Å². The van der Waals surface area contributed by atoms with Crippen molar-refractivity contribution in [1.82, 2.24) is 19.9 Å². The molecule has 1 N–H and O–H groups in total. The van der Waals surface area contributed by atoms with Crippen molar-refractivity contribution in [3.8, 4) is 0 Å². The number of hydrogen-bond acceptors (Lipinski definition) is 5. The summed E-state index contributed by atoms with van der Waals surface area (Å²) in [6.45, 7) is 6.02. The van der Waals surface area contributed by atoms with Gasteiger partial charge in [-0.15, -0.1) is 0 Å². The third kappa shape index (κ3) is 3.19. The molecule has 4 rings (SSSR count). The number of imidazole rings is 1. The maximum absolute atomic E-state index is 12.4. The van der Waals surface area contributed by atoms with Gasteiger partial charge in [-0.3, -0.25) is 4.79 Å². The SMILES string of the molecule is Cc1ccc2sc(N3CCCC(NC(=O)c4cn(C)cn4)C3)nc2c1C. The molecule has 1 aliphatic heterocycles. The van der Waals surface area contributed by atoms with E-state index in [0.29, 0.717) is 5.69 Å². The lowest BCUT2D eigenvalue weighted by Gasteiger charge is -2.32. The number of hydrogen-bond donors (Lipinski definition) is 1. The van der Waals surface area contributed by atoms with Crippen molar-refractivity contribution in [2.24, 2.45) is 7.05 Å². The Morgan fingerprint density at radius 2 is 2.19 bits per heavy atom. The first-order chi connectivity index (χ1) is 12.5. The molecular weight excluding hydrogens is 346 g/mol. The highest BCUT2D eigenvalue weighted by Crippen LogP contribution is 2.33. The largest absolute Gasteiger partial charge is 0.346 e. The minimum absolute atomic E-state index is 0.104. The molecule has 1 unspecified atom stereocenters. The van der Waals surface area contributed by atoms with Crippen molar-refractivity contribution in [3.63, 3.8) is 0 Å². The van der Waals surface area contributed by atoms with Crippen molar-refractivity contribution in [2.75, 3.05) is 18.0 Å². The second-order valence-corrected chi connectivity index (χ2v) is 8.04. The van der Waals surface area contributed by atoms with E-state index < -0.39 is 0 Å². The molecule has 2 aromatic heterocycles. The molecule has 1 aliphatic rings. The van der Waals surface area contributed by atoms with Crippen LogP contribution in [0.5, 0.6) is 0 Å². The predicted molar refractivity (Wildman–Crippen MR) is 105 cm³/mol. The monoisotopic (exact) mass is 369 g/mol. The molecular formula is C19H23N5OS. The molecule has 1 aromatic carbocycles. The summed E-state index contributed by atoms with van der Waals surface area (Å²) in [5.74, 6) is -0.104. The summed E-state index contributed by atoms with van der Waals surface area (Å²) >= 11 is 1.73. The fraction of sp³-hybridized carbons (Fsp3) is 0.421. The number of nitrogens with zero attached hydrogens (tertiary/aromatic N) is 4. The van der Waals surface area contributed by atoms with E-state index >= 15 is 0 Å². The minimum atomic E-state index is -0.104. The van der Waals surface area contributed by atoms with Crippen molar-refractivity contribution < 1.29 is 4.79 Å². The standard InChI is InChI=1S/C19H23N5OS/c1-12-6-7-16-17(13(12)2)22-19(26-16)24-8-4-5-14(9-24)21-18(25)15-10-23(3)11-20-15/h6-7,10-11,14H,4-5,8-9H2,1-3H3,(H,21,25). The molecule has 136 valence electrons. The zero-order valence-corrected chi connectivity index (χ0v) is 16.1. The molecule has 26 heavy (non-hydrogen) atoms. The third-order valence-electron chi connectivity index (χ3n) is 5.04. The van der Waals surface area contributed by atoms with Crippen molar-refractivity contribution in [2.45, 2.75) is 32.7 Å². The van der Waals surface area contributed by atoms with Gasteiger partial charge in [0.1, 0.15) is 5.69 Å². The summed E-state index contributed by atoms with van der Waals surface area (Å²) in [5.41, 5.74) is 4.09. The second-order valence-electron chi connectivity index (χ2n) is 7.03. The Bertz CT molecular complexity index is 960. The molecule has 6 nitrogen and oxygen atoms in total. The first-order valence-corrected chi connectivity index (χ1v) is 9.73. The van der Waals surface area contributed by atoms with E-state index in [1.165, 1.54) is 15.8 Å². The van der Waals surface area contributed by atoms with Crippen molar-refractivity contribution in [3.05, 3.63) is 41.5 Å². The highest BCUT2D eigenvalue weighted by atomic mass is 32.1. The molecule has 7 heteroatoms. The number of aryl methyl sites for hydroxylation is 3. The van der Waals surface area contributed by atoms with E-state index in [4.69, 9.17) is 4.98 Å². The van der Waals surface area contributed by atoms with Crippen LogP contribution in [0.4, 0.5) is 5.13 Å². The topological polar surface area (TPSA) is 63.1 Å². The van der Waals surface area contributed by atoms with Crippen LogP contribution in [0.2, 0.25) is 0 Å². The van der Waals surface area contributed by atoms with Crippen molar-refractivity contribution in [1.29, 1.82) is 0 Å². The van der Waals surface area contributed by atoms with Crippen LogP contribution in [0.25, 0.3) is 10.2 Å². The maximum Gasteiger partial charge on any atom is 0.271 e. The van der Waals surface area contributed by atoms with Gasteiger partial charge < -0.3 is 14.8 Å². The van der Waals surface area contributed by atoms with Crippen LogP contribution in [0.15, 0.2) is 24.7 Å². The molecule has 1 fully saturated rings. The first kappa shape index (κ1) is 17.0. The highest BCUT2D eigenvalue weighted by Gasteiger charge is 2.25. The lowest BCUT2D eigenvalue weighted by atomic mass is 10.1. The quantitative estimate of drug-likeness (QED) is 0.771. The third-order valence-corrected chi connectivity index (χ3v) is 6.12. The molecule has 3 aromatic rings. The number of carbonyl (C=O) groups is 1. The Morgan fingerprint density at radius 3 is 2.96 bits per heavy atom. The summed E-state index contributed by atoms with van der Waals surface area (Å²) in [4.78, 5) is 23.7. The average Bonchev–Trinajstić information content (AvgIpc) is 3.25. The number of aromatic nitrogens is 3. The van der Waals surface area contributed by atoms with Crippen LogP contribution in [0, 0.1) is 13.8 Å². The van der Waals surface area contributed by atoms with Gasteiger partial charge in [-0.1, -0.05) is 17.4 Å². The minimum Gasteiger partial charge on any atom is -0.346 e. The van der Waals surface area contributed by atoms with Gasteiger partial charge in [-0.25, -0.2) is 9.97 Å². The molecule has 1 amide bonds. The van der Waals surface area contributed by atoms with E-state index in [0.717, 1.165) is 36.6 Å². The van der Waals surface area contributed by atoms with Gasteiger partial charge in [-0.2, -0.15) is 0 Å². The fourth-order valence-corrected chi connectivity index (χ4v) is 4.47. The van der Waals surface area contributed by atoms with E-state index in [9.17, 15) is 4.79 Å². The molecule has 0 radical (unpaired) electrons. The fourth-order valence-electron chi connectivity index (χ4n) is 3.41. The summed E-state index contributed by atoms with van der Waals surface area (Å²) in [5, 5.41) is 4.17. The van der Waals surface area contributed by atoms with Gasteiger partial charge in [0.25, 0.3) is 5.91 Å². The van der Waals surface area contributed by atoms with Crippen molar-refractivity contribution >= 4 is 32.6 Å². The molecule has 1 saturated heterocycles. The Balaban J connectivity index is 1.50. The van der Waals surface area contributed by atoms with Crippen LogP contribution < -0.4 is 10.2 Å². The van der Waals surface area contributed by atoms with E-state index in [2.05, 4.69) is 41.2 Å². The van der Waals surface area contributed by atoms with Gasteiger partial charge in [0.05, 0.1) is 16.5 Å². The Hall–Kier alpha value is -2.41. The Kier molecular flexibility index (Phi) is 4.40. The molecule has 0 aliphatic carbocycles. The number of fused-ring (bicyclic) bond motifs is 1. The summed E-state index contributed by atoms with van der Waals surface area (Å²) in [7, 11) is 1.86. The zero-order valence-electron chi connectivity index (χ0n) is 15.3. The predicted octanol–water partition coefficient (Wildman–Crippen LogP) is 3.05. The number of anilines is 1. The van der Waals surface area contributed by atoms with Crippen LogP contribution in [0.1, 0.15) is 34.5 Å². The van der Waals surface area contributed by atoms with Crippen LogP contribution >= 0.6 is 11.3 Å². The second kappa shape index (κ2) is 6.72.